The van der Waals surface area contributed by atoms with Crippen LogP contribution >= 0.6 is 0 Å². The maximum Gasteiger partial charge on any atom is 0.389 e. The molecule has 5 aromatic heterocycles. The summed E-state index contributed by atoms with van der Waals surface area (Å²) in [4.78, 5) is 12.0. The Balaban J connectivity index is -0.00000111. The third kappa shape index (κ3) is 69.9. The number of aryl methyl sites for hydroxylation is 8. The van der Waals surface area contributed by atoms with Gasteiger partial charge in [0.2, 0.25) is 0 Å². The van der Waals surface area contributed by atoms with Crippen molar-refractivity contribution >= 4 is 0 Å². The van der Waals surface area contributed by atoms with E-state index in [-0.39, 0.29) is 23.9 Å². The van der Waals surface area contributed by atoms with E-state index in [0.717, 1.165) is 121 Å². The lowest BCUT2D eigenvalue weighted by atomic mass is 9.84. The van der Waals surface area contributed by atoms with Gasteiger partial charge < -0.3 is 8.94 Å². The number of furan rings is 1. The summed E-state index contributed by atoms with van der Waals surface area (Å²) >= 11 is 0. The number of unbranched alkanes of at least 4 members (excludes halogenated alkanes) is 3. The van der Waals surface area contributed by atoms with Crippen molar-refractivity contribution in [2.24, 2.45) is 35.5 Å². The molecule has 8 aromatic rings. The fourth-order valence-corrected chi connectivity index (χ4v) is 9.53. The number of nitrogens with zero attached hydrogens (tertiary/aromatic N) is 4. The van der Waals surface area contributed by atoms with E-state index in [4.69, 9.17) is 8.94 Å². The molecule has 12 rings (SSSR count). The predicted molar refractivity (Wildman–Crippen MR) is 448 cm³/mol. The summed E-state index contributed by atoms with van der Waals surface area (Å²) in [5.74, 6) is 5.35. The summed E-state index contributed by atoms with van der Waals surface area (Å²) in [5, 5.41) is 3.52. The van der Waals surface area contributed by atoms with Crippen LogP contribution in [0.5, 0.6) is 0 Å². The number of alkyl halides is 3. The molecule has 6 nitrogen and oxygen atoms in total. The molecule has 616 valence electrons. The van der Waals surface area contributed by atoms with Gasteiger partial charge in [-0.15, -0.1) is 0 Å². The Hall–Kier alpha value is -6.96. The number of halogens is 8. The van der Waals surface area contributed by atoms with Gasteiger partial charge in [0.15, 0.2) is 11.6 Å². The van der Waals surface area contributed by atoms with Crippen molar-refractivity contribution in [2.75, 3.05) is 0 Å². The van der Waals surface area contributed by atoms with E-state index in [1.54, 1.807) is 62.2 Å². The second-order valence-corrected chi connectivity index (χ2v) is 28.0. The van der Waals surface area contributed by atoms with E-state index in [2.05, 4.69) is 116 Å². The summed E-state index contributed by atoms with van der Waals surface area (Å²) in [6.45, 7) is 40.6. The molecule has 0 bridgehead atoms. The molecule has 0 aliphatic heterocycles. The molecule has 3 aromatic carbocycles. The molecule has 4 saturated carbocycles. The standard InChI is InChI=1S/C8H8F2.2C8H9F.C7H8FN.2C7H9N.C6H8O.3C6H12.C6H14.C5H9F3.C5H7NO.C5H10.C5H12/c1-2-6-3-4-7(9)8(10)5-6;1-2-7-3-5-8(9)6-4-7;1-2-7-4-3-5-8(9)6-7;1-2-7-5-6(8)3-4-9-7;1-2-7-4-3-5-8-6-7;1-2-7-5-3-4-6-8-7;1-2-6-3-4-7-5-6;1-3-6-4-5(6)2;1-2-6-4-3-5-6;1-2-3-6-4-5-6;1-4-5-6(2)3;1-2-3-4-5(6,7)8;1-2-5-3-4-6-7-5;1-2-5-3-4-5;1-3-5-4-2/h3-5H,2H2,1H3;2*3-6H,2H2,1H3;3-5H,2H2,1H3;2*3-6H,2H2,1H3;3-5H,2H2,1H3;5-6H,3-4H2,1-2H3;2*6H,2-5H2,1H3;6H,4-5H2,1-3H3;2-4H2,1H3;3-4H,2H2,1H3;5H,2-4H2,1H3;3-5H2,1-2H3. The average Bonchev–Trinajstić information content (AvgIpc) is 1.73. The van der Waals surface area contributed by atoms with E-state index in [0.29, 0.717) is 6.42 Å². The van der Waals surface area contributed by atoms with Crippen LogP contribution in [0.15, 0.2) is 174 Å². The Labute approximate surface area is 659 Å². The highest BCUT2D eigenvalue weighted by Crippen LogP contribution is 2.40. The Morgan fingerprint density at radius 1 is 0.440 bits per heavy atom. The van der Waals surface area contributed by atoms with Crippen LogP contribution in [0.2, 0.25) is 0 Å². The number of aromatic nitrogens is 4. The molecule has 0 radical (unpaired) electrons. The van der Waals surface area contributed by atoms with Gasteiger partial charge in [-0.2, -0.15) is 13.2 Å². The maximum atomic E-state index is 12.4. The van der Waals surface area contributed by atoms with Crippen molar-refractivity contribution in [3.05, 3.63) is 239 Å². The van der Waals surface area contributed by atoms with Crippen molar-refractivity contribution in [1.82, 2.24) is 20.1 Å². The molecule has 2 unspecified atom stereocenters. The van der Waals surface area contributed by atoms with Crippen LogP contribution in [0, 0.1) is 64.6 Å². The van der Waals surface area contributed by atoms with Crippen LogP contribution in [-0.2, 0) is 51.4 Å². The minimum atomic E-state index is -3.95. The van der Waals surface area contributed by atoms with Gasteiger partial charge in [0.05, 0.1) is 18.7 Å². The first-order valence-electron chi connectivity index (χ1n) is 41.6. The molecule has 4 aliphatic rings. The zero-order valence-corrected chi connectivity index (χ0v) is 71.2. The first kappa shape index (κ1) is 106. The van der Waals surface area contributed by atoms with E-state index < -0.39 is 24.2 Å². The normalized spacial score (nSPS) is 13.5. The third-order valence-corrected chi connectivity index (χ3v) is 17.9. The van der Waals surface area contributed by atoms with Crippen LogP contribution in [-0.4, -0.2) is 26.3 Å². The lowest BCUT2D eigenvalue weighted by Gasteiger charge is -2.22. The monoisotopic (exact) mass is 1530 g/mol. The Morgan fingerprint density at radius 2 is 1.00 bits per heavy atom. The largest absolute Gasteiger partial charge is 0.472 e. The van der Waals surface area contributed by atoms with E-state index in [1.807, 2.05) is 89.5 Å². The third-order valence-electron chi connectivity index (χ3n) is 17.9. The first-order valence-corrected chi connectivity index (χ1v) is 41.6. The maximum absolute atomic E-state index is 12.4. The highest BCUT2D eigenvalue weighted by molar-refractivity contribution is 5.18. The van der Waals surface area contributed by atoms with Crippen molar-refractivity contribution < 1.29 is 44.1 Å². The molecule has 0 amide bonds. The molecule has 0 N–H and O–H groups in total. The molecule has 0 saturated heterocycles. The number of benzene rings is 3. The zero-order chi connectivity index (χ0) is 82.3. The molecular weight excluding hydrogens is 1380 g/mol. The summed E-state index contributed by atoms with van der Waals surface area (Å²) < 4.78 is 105. The molecule has 4 fully saturated rings. The number of pyridine rings is 3. The number of rotatable bonds is 19. The van der Waals surface area contributed by atoms with Gasteiger partial charge in [-0.05, 0) is 194 Å². The zero-order valence-electron chi connectivity index (χ0n) is 71.2. The quantitative estimate of drug-likeness (QED) is 0.0751. The van der Waals surface area contributed by atoms with Gasteiger partial charge in [-0.25, -0.2) is 22.0 Å². The molecule has 2 atom stereocenters. The molecule has 109 heavy (non-hydrogen) atoms. The van der Waals surface area contributed by atoms with Gasteiger partial charge in [-0.1, -0.05) is 295 Å². The number of hydrogen-bond donors (Lipinski definition) is 0. The number of hydrogen-bond acceptors (Lipinski definition) is 6. The SMILES string of the molecule is CCC1CC1.CCC1CC1C.CCC1CCC1.CCCC(C)C.CCCC1CC1.CCCCC.CCCCC(F)(F)F.CCc1cc(F)ccn1.CCc1ccc(F)c(F)c1.CCc1ccc(F)cc1.CCc1cccc(F)c1.CCc1ccccn1.CCc1cccnc1.CCc1ccno1.CCc1ccoc1. The Morgan fingerprint density at radius 3 is 1.27 bits per heavy atom. The summed E-state index contributed by atoms with van der Waals surface area (Å²) in [5.41, 5.74) is 7.57. The fraction of sp³-hybridized carbons (Fsp3) is 0.579. The van der Waals surface area contributed by atoms with Crippen molar-refractivity contribution in [3.63, 3.8) is 0 Å². The molecule has 14 heteroatoms. The lowest BCUT2D eigenvalue weighted by molar-refractivity contribution is -0.135. The summed E-state index contributed by atoms with van der Waals surface area (Å²) in [6.07, 6.45) is 41.8. The summed E-state index contributed by atoms with van der Waals surface area (Å²) in [6, 6.07) is 33.8. The second kappa shape index (κ2) is 72.6. The minimum Gasteiger partial charge on any atom is -0.472 e. The van der Waals surface area contributed by atoms with Gasteiger partial charge in [-0.3, -0.25) is 15.0 Å². The van der Waals surface area contributed by atoms with Gasteiger partial charge >= 0.3 is 6.18 Å². The predicted octanol–water partition coefficient (Wildman–Crippen LogP) is 31.1. The van der Waals surface area contributed by atoms with Crippen molar-refractivity contribution in [1.29, 1.82) is 0 Å². The summed E-state index contributed by atoms with van der Waals surface area (Å²) in [7, 11) is 0. The smallest absolute Gasteiger partial charge is 0.389 e. The highest BCUT2D eigenvalue weighted by Gasteiger charge is 2.29. The van der Waals surface area contributed by atoms with E-state index in [1.165, 1.54) is 175 Å². The molecule has 5 heterocycles. The molecular formula is C95H148F8N4O2. The Bertz CT molecular complexity index is 3020. The minimum absolute atomic E-state index is 0.144. The van der Waals surface area contributed by atoms with Crippen LogP contribution in [0.4, 0.5) is 35.1 Å². The van der Waals surface area contributed by atoms with E-state index in [9.17, 15) is 35.1 Å². The first-order chi connectivity index (χ1) is 52.3. The van der Waals surface area contributed by atoms with Crippen molar-refractivity contribution in [2.45, 2.75) is 324 Å². The lowest BCUT2D eigenvalue weighted by Crippen LogP contribution is -2.08. The second-order valence-electron chi connectivity index (χ2n) is 28.0. The van der Waals surface area contributed by atoms with Gasteiger partial charge in [0.1, 0.15) is 23.2 Å². The van der Waals surface area contributed by atoms with Gasteiger partial charge in [0.25, 0.3) is 0 Å². The van der Waals surface area contributed by atoms with E-state index >= 15 is 0 Å². The van der Waals surface area contributed by atoms with Crippen molar-refractivity contribution in [3.8, 4) is 0 Å². The van der Waals surface area contributed by atoms with Crippen LogP contribution in [0.1, 0.15) is 311 Å². The molecule has 0 spiro atoms. The van der Waals surface area contributed by atoms with Crippen LogP contribution in [0.25, 0.3) is 0 Å². The average molecular weight is 1530 g/mol. The topological polar surface area (TPSA) is 77.8 Å². The van der Waals surface area contributed by atoms with Crippen LogP contribution < -0.4 is 0 Å². The fourth-order valence-electron chi connectivity index (χ4n) is 9.53. The van der Waals surface area contributed by atoms with Gasteiger partial charge in [0, 0.05) is 55.1 Å². The highest BCUT2D eigenvalue weighted by atomic mass is 19.4. The Kier molecular flexibility index (Phi) is 70.7. The molecule has 4 aliphatic carbocycles. The van der Waals surface area contributed by atoms with Crippen LogP contribution in [0.3, 0.4) is 0 Å².